The number of carbonyl (C=O) groups is 1. The van der Waals surface area contributed by atoms with E-state index in [0.29, 0.717) is 12.2 Å². The summed E-state index contributed by atoms with van der Waals surface area (Å²) in [4.78, 5) is 11.8. The second kappa shape index (κ2) is 6.31. The second-order valence-electron chi connectivity index (χ2n) is 6.20. The summed E-state index contributed by atoms with van der Waals surface area (Å²) in [6.07, 6.45) is 3.41. The van der Waals surface area contributed by atoms with Crippen LogP contribution < -0.4 is 0 Å². The summed E-state index contributed by atoms with van der Waals surface area (Å²) >= 11 is 0. The van der Waals surface area contributed by atoms with Gasteiger partial charge < -0.3 is 4.43 Å². The summed E-state index contributed by atoms with van der Waals surface area (Å²) in [5.74, 6) is 0.0273. The van der Waals surface area contributed by atoms with Crippen LogP contribution in [0.25, 0.3) is 0 Å². The Labute approximate surface area is 117 Å². The van der Waals surface area contributed by atoms with E-state index in [4.69, 9.17) is 4.43 Å². The van der Waals surface area contributed by atoms with Gasteiger partial charge >= 0.3 is 0 Å². The predicted molar refractivity (Wildman–Crippen MR) is 83.1 cm³/mol. The van der Waals surface area contributed by atoms with Crippen LogP contribution in [0.3, 0.4) is 0 Å². The molecule has 0 spiro atoms. The molecule has 0 atom stereocenters. The van der Waals surface area contributed by atoms with E-state index in [1.165, 1.54) is 0 Å². The molecule has 0 bridgehead atoms. The number of hydrogen-bond donors (Lipinski definition) is 0. The molecule has 0 fully saturated rings. The highest BCUT2D eigenvalue weighted by atomic mass is 28.4. The van der Waals surface area contributed by atoms with Crippen molar-refractivity contribution >= 4 is 14.1 Å². The van der Waals surface area contributed by atoms with Gasteiger partial charge in [0.25, 0.3) is 0 Å². The maximum Gasteiger partial charge on any atom is 0.192 e. The molecule has 3 heteroatoms. The molecule has 0 aromatic heterocycles. The molecular weight excluding hydrogens is 252 g/mol. The van der Waals surface area contributed by atoms with Crippen molar-refractivity contribution in [2.75, 3.05) is 6.61 Å². The fourth-order valence-electron chi connectivity index (χ4n) is 1.33. The Balaban J connectivity index is 2.50. The molecule has 0 N–H and O–H groups in total. The molecule has 19 heavy (non-hydrogen) atoms. The smallest absolute Gasteiger partial charge is 0.192 e. The van der Waals surface area contributed by atoms with Gasteiger partial charge in [-0.3, -0.25) is 4.79 Å². The summed E-state index contributed by atoms with van der Waals surface area (Å²) < 4.78 is 5.98. The topological polar surface area (TPSA) is 26.3 Å². The van der Waals surface area contributed by atoms with Crippen LogP contribution in [0.2, 0.25) is 18.1 Å². The summed E-state index contributed by atoms with van der Waals surface area (Å²) in [6, 6.07) is 9.28. The average Bonchev–Trinajstić information content (AvgIpc) is 2.34. The first-order valence-electron chi connectivity index (χ1n) is 6.64. The zero-order valence-corrected chi connectivity index (χ0v) is 13.6. The van der Waals surface area contributed by atoms with Gasteiger partial charge in [-0.15, -0.1) is 0 Å². The van der Waals surface area contributed by atoms with Crippen LogP contribution in [-0.4, -0.2) is 20.7 Å². The second-order valence-corrected chi connectivity index (χ2v) is 11.0. The molecule has 0 aliphatic heterocycles. The number of allylic oxidation sites excluding steroid dienone is 1. The van der Waals surface area contributed by atoms with Crippen molar-refractivity contribution in [1.82, 2.24) is 0 Å². The number of hydrogen-bond acceptors (Lipinski definition) is 2. The molecule has 0 aliphatic carbocycles. The minimum Gasteiger partial charge on any atom is -0.413 e. The lowest BCUT2D eigenvalue weighted by Gasteiger charge is -2.35. The van der Waals surface area contributed by atoms with Crippen molar-refractivity contribution in [3.05, 3.63) is 48.0 Å². The molecular formula is C16H24O2Si. The van der Waals surface area contributed by atoms with Crippen LogP contribution in [0.15, 0.2) is 42.5 Å². The quantitative estimate of drug-likeness (QED) is 0.451. The number of ketones is 1. The molecule has 0 aliphatic rings. The van der Waals surface area contributed by atoms with Gasteiger partial charge in [0, 0.05) is 5.56 Å². The fourth-order valence-corrected chi connectivity index (χ4v) is 2.27. The Bertz CT molecular complexity index is 442. The van der Waals surface area contributed by atoms with Crippen molar-refractivity contribution in [3.63, 3.8) is 0 Å². The molecule has 1 rings (SSSR count). The van der Waals surface area contributed by atoms with Crippen LogP contribution in [0.5, 0.6) is 0 Å². The minimum atomic E-state index is -1.72. The maximum absolute atomic E-state index is 11.8. The highest BCUT2D eigenvalue weighted by Gasteiger charge is 2.36. The van der Waals surface area contributed by atoms with Gasteiger partial charge in [0.1, 0.15) is 0 Å². The molecule has 0 unspecified atom stereocenters. The van der Waals surface area contributed by atoms with Gasteiger partial charge in [0.2, 0.25) is 0 Å². The van der Waals surface area contributed by atoms with Gasteiger partial charge in [-0.25, -0.2) is 0 Å². The van der Waals surface area contributed by atoms with Crippen LogP contribution in [0, 0.1) is 0 Å². The Morgan fingerprint density at radius 3 is 2.32 bits per heavy atom. The van der Waals surface area contributed by atoms with Crippen molar-refractivity contribution in [2.24, 2.45) is 0 Å². The van der Waals surface area contributed by atoms with Gasteiger partial charge in [-0.05, 0) is 24.2 Å². The SMILES string of the molecule is CC(C)(C)[Si](C)(C)OCC=CC(=O)c1ccccc1. The normalized spacial score (nSPS) is 12.9. The molecule has 0 heterocycles. The Hall–Kier alpha value is -1.19. The van der Waals surface area contributed by atoms with E-state index >= 15 is 0 Å². The average molecular weight is 276 g/mol. The first-order valence-corrected chi connectivity index (χ1v) is 9.55. The lowest BCUT2D eigenvalue weighted by Crippen LogP contribution is -2.40. The molecule has 1 aromatic rings. The highest BCUT2D eigenvalue weighted by molar-refractivity contribution is 6.74. The minimum absolute atomic E-state index is 0.0273. The van der Waals surface area contributed by atoms with Crippen molar-refractivity contribution in [3.8, 4) is 0 Å². The number of benzene rings is 1. The lowest BCUT2D eigenvalue weighted by molar-refractivity contribution is 0.104. The summed E-state index contributed by atoms with van der Waals surface area (Å²) in [5.41, 5.74) is 0.714. The van der Waals surface area contributed by atoms with Crippen LogP contribution >= 0.6 is 0 Å². The maximum atomic E-state index is 11.8. The zero-order chi connectivity index (χ0) is 14.5. The van der Waals surface area contributed by atoms with E-state index in [2.05, 4.69) is 33.9 Å². The largest absolute Gasteiger partial charge is 0.413 e. The number of carbonyl (C=O) groups excluding carboxylic acids is 1. The molecule has 0 saturated carbocycles. The molecule has 0 amide bonds. The van der Waals surface area contributed by atoms with E-state index in [9.17, 15) is 4.79 Å². The number of rotatable bonds is 5. The van der Waals surface area contributed by atoms with Crippen molar-refractivity contribution in [1.29, 1.82) is 0 Å². The third-order valence-electron chi connectivity index (χ3n) is 3.67. The van der Waals surface area contributed by atoms with E-state index in [1.807, 2.05) is 36.4 Å². The summed E-state index contributed by atoms with van der Waals surface area (Å²) in [5, 5.41) is 0.199. The molecule has 1 aromatic carbocycles. The Morgan fingerprint density at radius 1 is 1.21 bits per heavy atom. The molecule has 104 valence electrons. The monoisotopic (exact) mass is 276 g/mol. The van der Waals surface area contributed by atoms with Crippen molar-refractivity contribution < 1.29 is 9.22 Å². The lowest BCUT2D eigenvalue weighted by atomic mass is 10.1. The van der Waals surface area contributed by atoms with Crippen LogP contribution in [0.1, 0.15) is 31.1 Å². The van der Waals surface area contributed by atoms with E-state index in [0.717, 1.165) is 0 Å². The first kappa shape index (κ1) is 15.9. The third kappa shape index (κ3) is 4.77. The predicted octanol–water partition coefficient (Wildman–Crippen LogP) is 4.45. The van der Waals surface area contributed by atoms with Gasteiger partial charge in [0.05, 0.1) is 6.61 Å². The third-order valence-corrected chi connectivity index (χ3v) is 8.17. The zero-order valence-electron chi connectivity index (χ0n) is 12.6. The standard InChI is InChI=1S/C16H24O2Si/c1-16(2,3)19(4,5)18-13-9-12-15(17)14-10-7-6-8-11-14/h6-12H,13H2,1-5H3. The molecule has 0 radical (unpaired) electrons. The van der Waals surface area contributed by atoms with Crippen LogP contribution in [-0.2, 0) is 4.43 Å². The first-order chi connectivity index (χ1) is 8.74. The van der Waals surface area contributed by atoms with Gasteiger partial charge in [0.15, 0.2) is 14.1 Å². The summed E-state index contributed by atoms with van der Waals surface area (Å²) in [6.45, 7) is 11.5. The molecule has 0 saturated heterocycles. The van der Waals surface area contributed by atoms with E-state index in [1.54, 1.807) is 6.08 Å². The van der Waals surface area contributed by atoms with Gasteiger partial charge in [-0.1, -0.05) is 57.2 Å². The Morgan fingerprint density at radius 2 is 1.79 bits per heavy atom. The van der Waals surface area contributed by atoms with Crippen molar-refractivity contribution in [2.45, 2.75) is 38.9 Å². The van der Waals surface area contributed by atoms with E-state index < -0.39 is 8.32 Å². The molecule has 2 nitrogen and oxygen atoms in total. The Kier molecular flexibility index (Phi) is 5.26. The van der Waals surface area contributed by atoms with Crippen LogP contribution in [0.4, 0.5) is 0 Å². The fraction of sp³-hybridized carbons (Fsp3) is 0.438. The van der Waals surface area contributed by atoms with Gasteiger partial charge in [-0.2, -0.15) is 0 Å². The van der Waals surface area contributed by atoms with E-state index in [-0.39, 0.29) is 10.8 Å². The highest BCUT2D eigenvalue weighted by Crippen LogP contribution is 2.36. The summed E-state index contributed by atoms with van der Waals surface area (Å²) in [7, 11) is -1.72.